The molecule has 1 atom stereocenters. The van der Waals surface area contributed by atoms with Crippen LogP contribution in [0.3, 0.4) is 0 Å². The van der Waals surface area contributed by atoms with E-state index in [0.717, 1.165) is 24.3 Å². The lowest BCUT2D eigenvalue weighted by molar-refractivity contribution is -0.0813. The quantitative estimate of drug-likeness (QED) is 0.405. The fourth-order valence-corrected chi connectivity index (χ4v) is 3.63. The molecule has 0 radical (unpaired) electrons. The van der Waals surface area contributed by atoms with E-state index >= 15 is 0 Å². The summed E-state index contributed by atoms with van der Waals surface area (Å²) in [6, 6.07) is 5.34. The maximum atomic E-state index is 14.8. The summed E-state index contributed by atoms with van der Waals surface area (Å²) < 4.78 is 111. The molecule has 0 bridgehead atoms. The van der Waals surface area contributed by atoms with Gasteiger partial charge in [-0.1, -0.05) is 25.5 Å². The van der Waals surface area contributed by atoms with Gasteiger partial charge in [-0.15, -0.1) is 0 Å². The van der Waals surface area contributed by atoms with Crippen LogP contribution in [0.4, 0.5) is 35.1 Å². The Morgan fingerprint density at radius 3 is 2.06 bits per heavy atom. The number of hydrogen-bond donors (Lipinski definition) is 0. The number of halogens is 8. The van der Waals surface area contributed by atoms with Crippen LogP contribution in [0.25, 0.3) is 16.7 Å². The Balaban J connectivity index is 2.03. The molecule has 170 valence electrons. The van der Waals surface area contributed by atoms with Crippen molar-refractivity contribution in [3.05, 3.63) is 88.5 Å². The molecule has 0 fully saturated rings. The highest BCUT2D eigenvalue weighted by Crippen LogP contribution is 2.41. The van der Waals surface area contributed by atoms with Crippen molar-refractivity contribution in [2.75, 3.05) is 0 Å². The smallest absolute Gasteiger partial charge is 0.234 e. The molecule has 0 aromatic heterocycles. The molecule has 1 aliphatic carbocycles. The van der Waals surface area contributed by atoms with Gasteiger partial charge in [0.05, 0.1) is 5.56 Å². The van der Waals surface area contributed by atoms with Crippen LogP contribution < -0.4 is 0 Å². The van der Waals surface area contributed by atoms with Gasteiger partial charge in [-0.05, 0) is 60.4 Å². The summed E-state index contributed by atoms with van der Waals surface area (Å²) in [6.45, 7) is 2.56. The molecular formula is C24H18F8. The molecule has 0 heterocycles. The third-order valence-electron chi connectivity index (χ3n) is 5.01. The van der Waals surface area contributed by atoms with Gasteiger partial charge in [0.2, 0.25) is 0 Å². The van der Waals surface area contributed by atoms with Gasteiger partial charge in [-0.2, -0.15) is 13.2 Å². The van der Waals surface area contributed by atoms with E-state index in [0.29, 0.717) is 37.5 Å². The van der Waals surface area contributed by atoms with Crippen molar-refractivity contribution in [1.29, 1.82) is 0 Å². The third-order valence-corrected chi connectivity index (χ3v) is 5.01. The van der Waals surface area contributed by atoms with E-state index in [-0.39, 0.29) is 16.7 Å². The molecule has 3 rings (SSSR count). The Hall–Kier alpha value is -2.90. The molecule has 0 saturated heterocycles. The predicted molar refractivity (Wildman–Crippen MR) is 107 cm³/mol. The van der Waals surface area contributed by atoms with Crippen molar-refractivity contribution in [3.63, 3.8) is 0 Å². The molecule has 0 aliphatic heterocycles. The average Bonchev–Trinajstić information content (AvgIpc) is 2.63. The second-order valence-electron chi connectivity index (χ2n) is 7.65. The highest BCUT2D eigenvalue weighted by atomic mass is 19.4. The molecule has 2 aromatic rings. The van der Waals surface area contributed by atoms with Crippen LogP contribution in [0, 0.1) is 17.5 Å². The summed E-state index contributed by atoms with van der Waals surface area (Å²) in [7, 11) is 0. The second kappa shape index (κ2) is 8.56. The molecule has 0 saturated carbocycles. The standard InChI is InChI=1S/C24H18F8/c1-3-4-13-7-20(27)22(21(28)8-13)14-5-6-16(18(25)9-14)15-10-19(26)17(12-24(30,31)32)23(2,29)11-15/h5-12H,3-4H2,1-2H3/b17-12+. The summed E-state index contributed by atoms with van der Waals surface area (Å²) in [4.78, 5) is 0. The van der Waals surface area contributed by atoms with Gasteiger partial charge in [-0.3, -0.25) is 0 Å². The maximum Gasteiger partial charge on any atom is 0.410 e. The Labute approximate surface area is 179 Å². The summed E-state index contributed by atoms with van der Waals surface area (Å²) >= 11 is 0. The van der Waals surface area contributed by atoms with Gasteiger partial charge in [0.25, 0.3) is 0 Å². The fraction of sp³-hybridized carbons (Fsp3) is 0.250. The van der Waals surface area contributed by atoms with Gasteiger partial charge in [0.15, 0.2) is 5.67 Å². The zero-order chi connectivity index (χ0) is 23.8. The molecular weight excluding hydrogens is 440 g/mol. The minimum Gasteiger partial charge on any atom is -0.234 e. The van der Waals surface area contributed by atoms with Crippen molar-refractivity contribution in [2.45, 2.75) is 38.5 Å². The molecule has 2 aromatic carbocycles. The number of hydrogen-bond acceptors (Lipinski definition) is 0. The largest absolute Gasteiger partial charge is 0.410 e. The van der Waals surface area contributed by atoms with Gasteiger partial charge in [0, 0.05) is 17.2 Å². The molecule has 8 heteroatoms. The van der Waals surface area contributed by atoms with Crippen molar-refractivity contribution in [2.24, 2.45) is 0 Å². The first-order valence-corrected chi connectivity index (χ1v) is 9.70. The summed E-state index contributed by atoms with van der Waals surface area (Å²) in [5.41, 5.74) is -4.91. The molecule has 0 N–H and O–H groups in total. The Morgan fingerprint density at radius 1 is 0.938 bits per heavy atom. The Kier molecular flexibility index (Phi) is 6.36. The maximum absolute atomic E-state index is 14.8. The Bertz CT molecular complexity index is 1110. The third kappa shape index (κ3) is 4.95. The van der Waals surface area contributed by atoms with Crippen LogP contribution in [0.1, 0.15) is 31.4 Å². The molecule has 1 unspecified atom stereocenters. The lowest BCUT2D eigenvalue weighted by atomic mass is 9.85. The molecule has 0 spiro atoms. The first kappa shape index (κ1) is 23.8. The topological polar surface area (TPSA) is 0 Å². The van der Waals surface area contributed by atoms with Gasteiger partial charge < -0.3 is 0 Å². The average molecular weight is 458 g/mol. The van der Waals surface area contributed by atoms with Gasteiger partial charge in [-0.25, -0.2) is 22.0 Å². The summed E-state index contributed by atoms with van der Waals surface area (Å²) in [5.74, 6) is -4.33. The number of aryl methyl sites for hydroxylation is 1. The molecule has 0 nitrogen and oxygen atoms in total. The molecule has 32 heavy (non-hydrogen) atoms. The predicted octanol–water partition coefficient (Wildman–Crippen LogP) is 8.19. The number of benzene rings is 2. The summed E-state index contributed by atoms with van der Waals surface area (Å²) in [5, 5.41) is 0. The van der Waals surface area contributed by atoms with E-state index in [9.17, 15) is 35.1 Å². The van der Waals surface area contributed by atoms with Crippen molar-refractivity contribution < 1.29 is 35.1 Å². The number of allylic oxidation sites excluding steroid dienone is 6. The van der Waals surface area contributed by atoms with Gasteiger partial charge in [0.1, 0.15) is 23.3 Å². The highest BCUT2D eigenvalue weighted by Gasteiger charge is 2.38. The van der Waals surface area contributed by atoms with Crippen molar-refractivity contribution in [3.8, 4) is 11.1 Å². The SMILES string of the molecule is CCCc1cc(F)c(-c2ccc(C3=CC(C)(F)/C(=C/C(F)(F)F)C(F)=C3)c(F)c2)c(F)c1. The summed E-state index contributed by atoms with van der Waals surface area (Å²) in [6.07, 6.45) is -3.06. The minimum atomic E-state index is -4.95. The van der Waals surface area contributed by atoms with E-state index in [1.807, 2.05) is 6.92 Å². The van der Waals surface area contributed by atoms with Crippen LogP contribution in [0.5, 0.6) is 0 Å². The van der Waals surface area contributed by atoms with E-state index in [4.69, 9.17) is 0 Å². The second-order valence-corrected chi connectivity index (χ2v) is 7.65. The van der Waals surface area contributed by atoms with E-state index in [2.05, 4.69) is 0 Å². The lowest BCUT2D eigenvalue weighted by Gasteiger charge is -2.25. The van der Waals surface area contributed by atoms with Crippen LogP contribution in [0.15, 0.2) is 60.0 Å². The molecule has 1 aliphatic rings. The zero-order valence-corrected chi connectivity index (χ0v) is 17.1. The monoisotopic (exact) mass is 458 g/mol. The van der Waals surface area contributed by atoms with E-state index in [1.54, 1.807) is 0 Å². The van der Waals surface area contributed by atoms with Crippen LogP contribution in [-0.4, -0.2) is 11.8 Å². The van der Waals surface area contributed by atoms with Crippen molar-refractivity contribution in [1.82, 2.24) is 0 Å². The first-order chi connectivity index (χ1) is 14.8. The van der Waals surface area contributed by atoms with Crippen molar-refractivity contribution >= 4 is 5.57 Å². The fourth-order valence-electron chi connectivity index (χ4n) is 3.63. The van der Waals surface area contributed by atoms with Gasteiger partial charge >= 0.3 is 6.18 Å². The van der Waals surface area contributed by atoms with Crippen LogP contribution in [-0.2, 0) is 6.42 Å². The highest BCUT2D eigenvalue weighted by molar-refractivity contribution is 5.81. The van der Waals surface area contributed by atoms with Crippen LogP contribution >= 0.6 is 0 Å². The lowest BCUT2D eigenvalue weighted by Crippen LogP contribution is -2.24. The van der Waals surface area contributed by atoms with Crippen LogP contribution in [0.2, 0.25) is 0 Å². The zero-order valence-electron chi connectivity index (χ0n) is 17.1. The molecule has 0 amide bonds. The van der Waals surface area contributed by atoms with E-state index < -0.39 is 52.3 Å². The normalized spacial score (nSPS) is 20.4. The van der Waals surface area contributed by atoms with E-state index in [1.165, 1.54) is 6.07 Å². The first-order valence-electron chi connectivity index (χ1n) is 9.70. The number of alkyl halides is 4. The minimum absolute atomic E-state index is 0.133. The Morgan fingerprint density at radius 2 is 1.56 bits per heavy atom. The number of rotatable bonds is 4.